The minimum Gasteiger partial charge on any atom is -0.493 e. The number of ether oxygens (including phenoxy) is 1. The molecule has 1 aliphatic carbocycles. The molecule has 1 aliphatic rings. The fraction of sp³-hybridized carbons (Fsp3) is 0.562. The molecule has 0 heterocycles. The van der Waals surface area contributed by atoms with Gasteiger partial charge in [0.05, 0.1) is 12.6 Å². The molecule has 1 aromatic rings. The topological polar surface area (TPSA) is 64.4 Å². The van der Waals surface area contributed by atoms with E-state index in [0.717, 1.165) is 24.0 Å². The van der Waals surface area contributed by atoms with Gasteiger partial charge in [0, 0.05) is 5.69 Å². The van der Waals surface area contributed by atoms with Gasteiger partial charge in [-0.2, -0.15) is 0 Å². The summed E-state index contributed by atoms with van der Waals surface area (Å²) in [5, 5.41) is 2.83. The van der Waals surface area contributed by atoms with Crippen LogP contribution in [-0.2, 0) is 4.79 Å². The van der Waals surface area contributed by atoms with E-state index in [4.69, 9.17) is 10.5 Å². The first kappa shape index (κ1) is 17.8. The van der Waals surface area contributed by atoms with Crippen LogP contribution in [0.3, 0.4) is 0 Å². The Labute approximate surface area is 132 Å². The highest BCUT2D eigenvalue weighted by molar-refractivity contribution is 5.95. The molecule has 0 bridgehead atoms. The third kappa shape index (κ3) is 5.56. The van der Waals surface area contributed by atoms with Crippen molar-refractivity contribution in [1.29, 1.82) is 0 Å². The molecule has 1 amide bonds. The molecule has 1 aromatic carbocycles. The molecule has 118 valence electrons. The van der Waals surface area contributed by atoms with Crippen LogP contribution in [0.5, 0.6) is 5.75 Å². The van der Waals surface area contributed by atoms with Crippen LogP contribution in [-0.4, -0.2) is 18.6 Å². The first-order chi connectivity index (χ1) is 9.36. The van der Waals surface area contributed by atoms with E-state index in [-0.39, 0.29) is 23.7 Å². The number of halogens is 1. The number of rotatable bonds is 5. The SMILES string of the molecule is CC(C)(C)[C@H](N)C(=O)Nc1ccc(OCC2CC2)cc1.Cl. The molecule has 5 heteroatoms. The number of hydrogen-bond acceptors (Lipinski definition) is 3. The van der Waals surface area contributed by atoms with E-state index in [2.05, 4.69) is 5.32 Å². The molecular weight excluding hydrogens is 288 g/mol. The molecule has 21 heavy (non-hydrogen) atoms. The molecule has 0 aromatic heterocycles. The highest BCUT2D eigenvalue weighted by Gasteiger charge is 2.27. The predicted octanol–water partition coefficient (Wildman–Crippen LogP) is 3.21. The molecule has 3 N–H and O–H groups in total. The smallest absolute Gasteiger partial charge is 0.241 e. The average molecular weight is 313 g/mol. The normalized spacial score (nSPS) is 15.8. The summed E-state index contributed by atoms with van der Waals surface area (Å²) in [6.07, 6.45) is 2.55. The third-order valence-electron chi connectivity index (χ3n) is 3.52. The van der Waals surface area contributed by atoms with Gasteiger partial charge in [-0.05, 0) is 48.4 Å². The van der Waals surface area contributed by atoms with Crippen molar-refractivity contribution in [2.24, 2.45) is 17.1 Å². The van der Waals surface area contributed by atoms with E-state index in [1.54, 1.807) is 0 Å². The van der Waals surface area contributed by atoms with Crippen molar-refractivity contribution in [1.82, 2.24) is 0 Å². The summed E-state index contributed by atoms with van der Waals surface area (Å²) in [4.78, 5) is 12.0. The largest absolute Gasteiger partial charge is 0.493 e. The number of benzene rings is 1. The van der Waals surface area contributed by atoms with Crippen LogP contribution in [0.4, 0.5) is 5.69 Å². The number of nitrogens with one attached hydrogen (secondary N) is 1. The average Bonchev–Trinajstić information content (AvgIpc) is 3.20. The number of carbonyl (C=O) groups is 1. The van der Waals surface area contributed by atoms with Crippen LogP contribution >= 0.6 is 12.4 Å². The van der Waals surface area contributed by atoms with Crippen molar-refractivity contribution in [3.63, 3.8) is 0 Å². The van der Waals surface area contributed by atoms with Crippen molar-refractivity contribution < 1.29 is 9.53 Å². The number of anilines is 1. The Kier molecular flexibility index (Phi) is 6.05. The molecule has 1 fully saturated rings. The van der Waals surface area contributed by atoms with Gasteiger partial charge < -0.3 is 15.8 Å². The Morgan fingerprint density at radius 3 is 2.38 bits per heavy atom. The Hall–Kier alpha value is -1.26. The van der Waals surface area contributed by atoms with E-state index >= 15 is 0 Å². The quantitative estimate of drug-likeness (QED) is 0.877. The van der Waals surface area contributed by atoms with Gasteiger partial charge in [0.1, 0.15) is 5.75 Å². The summed E-state index contributed by atoms with van der Waals surface area (Å²) in [6, 6.07) is 6.90. The summed E-state index contributed by atoms with van der Waals surface area (Å²) in [5.74, 6) is 1.42. The minimum absolute atomic E-state index is 0. The van der Waals surface area contributed by atoms with Crippen molar-refractivity contribution in [3.8, 4) is 5.75 Å². The lowest BCUT2D eigenvalue weighted by Gasteiger charge is -2.25. The second-order valence-corrected chi connectivity index (χ2v) is 6.61. The Balaban J connectivity index is 0.00000220. The molecule has 1 atom stereocenters. The fourth-order valence-corrected chi connectivity index (χ4v) is 1.75. The Bertz CT molecular complexity index is 464. The molecule has 0 saturated heterocycles. The van der Waals surface area contributed by atoms with E-state index < -0.39 is 6.04 Å². The maximum atomic E-state index is 12.0. The van der Waals surface area contributed by atoms with Crippen molar-refractivity contribution in [2.45, 2.75) is 39.7 Å². The van der Waals surface area contributed by atoms with Crippen molar-refractivity contribution >= 4 is 24.0 Å². The first-order valence-electron chi connectivity index (χ1n) is 7.15. The van der Waals surface area contributed by atoms with Gasteiger partial charge in [-0.1, -0.05) is 20.8 Å². The van der Waals surface area contributed by atoms with Crippen LogP contribution in [0.25, 0.3) is 0 Å². The van der Waals surface area contributed by atoms with Crippen LogP contribution in [0.15, 0.2) is 24.3 Å². The second kappa shape index (κ2) is 7.14. The van der Waals surface area contributed by atoms with Gasteiger partial charge in [-0.15, -0.1) is 12.4 Å². The van der Waals surface area contributed by atoms with Crippen LogP contribution in [0.2, 0.25) is 0 Å². The fourth-order valence-electron chi connectivity index (χ4n) is 1.75. The summed E-state index contributed by atoms with van der Waals surface area (Å²) < 4.78 is 5.65. The first-order valence-corrected chi connectivity index (χ1v) is 7.15. The molecule has 1 saturated carbocycles. The summed E-state index contributed by atoms with van der Waals surface area (Å²) in [6.45, 7) is 6.64. The maximum Gasteiger partial charge on any atom is 0.241 e. The summed E-state index contributed by atoms with van der Waals surface area (Å²) >= 11 is 0. The van der Waals surface area contributed by atoms with Gasteiger partial charge in [0.15, 0.2) is 0 Å². The molecule has 4 nitrogen and oxygen atoms in total. The zero-order chi connectivity index (χ0) is 14.8. The summed E-state index contributed by atoms with van der Waals surface area (Å²) in [7, 11) is 0. The maximum absolute atomic E-state index is 12.0. The van der Waals surface area contributed by atoms with Gasteiger partial charge in [-0.25, -0.2) is 0 Å². The third-order valence-corrected chi connectivity index (χ3v) is 3.52. The van der Waals surface area contributed by atoms with Crippen LogP contribution in [0, 0.1) is 11.3 Å². The van der Waals surface area contributed by atoms with Gasteiger partial charge in [-0.3, -0.25) is 4.79 Å². The predicted molar refractivity (Wildman–Crippen MR) is 88.0 cm³/mol. The van der Waals surface area contributed by atoms with Crippen LogP contribution < -0.4 is 15.8 Å². The zero-order valence-corrected chi connectivity index (χ0v) is 13.7. The van der Waals surface area contributed by atoms with E-state index in [0.29, 0.717) is 0 Å². The lowest BCUT2D eigenvalue weighted by atomic mass is 9.87. The van der Waals surface area contributed by atoms with Gasteiger partial charge in [0.2, 0.25) is 5.91 Å². The van der Waals surface area contributed by atoms with Crippen LogP contribution in [0.1, 0.15) is 33.6 Å². The van der Waals surface area contributed by atoms with E-state index in [1.807, 2.05) is 45.0 Å². The van der Waals surface area contributed by atoms with Gasteiger partial charge in [0.25, 0.3) is 0 Å². The highest BCUT2D eigenvalue weighted by atomic mass is 35.5. The monoisotopic (exact) mass is 312 g/mol. The number of hydrogen-bond donors (Lipinski definition) is 2. The Morgan fingerprint density at radius 2 is 1.90 bits per heavy atom. The standard InChI is InChI=1S/C16H24N2O2.ClH/c1-16(2,3)14(17)15(19)18-12-6-8-13(9-7-12)20-10-11-4-5-11;/h6-9,11,14H,4-5,10,17H2,1-3H3,(H,18,19);1H/t14-;/m1./s1. The molecule has 0 unspecified atom stereocenters. The molecule has 0 spiro atoms. The molecule has 2 rings (SSSR count). The number of amides is 1. The lowest BCUT2D eigenvalue weighted by Crippen LogP contribution is -2.45. The van der Waals surface area contributed by atoms with E-state index in [1.165, 1.54) is 12.8 Å². The Morgan fingerprint density at radius 1 is 1.33 bits per heavy atom. The van der Waals surface area contributed by atoms with E-state index in [9.17, 15) is 4.79 Å². The van der Waals surface area contributed by atoms with Crippen molar-refractivity contribution in [2.75, 3.05) is 11.9 Å². The molecule has 0 aliphatic heterocycles. The van der Waals surface area contributed by atoms with Crippen molar-refractivity contribution in [3.05, 3.63) is 24.3 Å². The number of carbonyl (C=O) groups excluding carboxylic acids is 1. The number of nitrogens with two attached hydrogens (primary N) is 1. The minimum atomic E-state index is -0.534. The summed E-state index contributed by atoms with van der Waals surface area (Å²) in [5.41, 5.74) is 6.41. The lowest BCUT2D eigenvalue weighted by molar-refractivity contribution is -0.119. The molecular formula is C16H25ClN2O2. The second-order valence-electron chi connectivity index (χ2n) is 6.61. The highest BCUT2D eigenvalue weighted by Crippen LogP contribution is 2.29. The molecule has 0 radical (unpaired) electrons. The van der Waals surface area contributed by atoms with Gasteiger partial charge >= 0.3 is 0 Å². The zero-order valence-electron chi connectivity index (χ0n) is 12.9.